The van der Waals surface area contributed by atoms with Crippen LogP contribution < -0.4 is 5.32 Å². The lowest BCUT2D eigenvalue weighted by atomic mass is 10.2. The fourth-order valence-corrected chi connectivity index (χ4v) is 1.20. The van der Waals surface area contributed by atoms with Crippen molar-refractivity contribution < 1.29 is 19.0 Å². The highest BCUT2D eigenvalue weighted by atomic mass is 19.1. The highest BCUT2D eigenvalue weighted by Crippen LogP contribution is 2.19. The van der Waals surface area contributed by atoms with Gasteiger partial charge in [0.25, 0.3) is 0 Å². The van der Waals surface area contributed by atoms with E-state index in [1.165, 1.54) is 12.1 Å². The average Bonchev–Trinajstić information content (AvgIpc) is 2.23. The minimum atomic E-state index is -0.653. The number of benzene rings is 1. The van der Waals surface area contributed by atoms with E-state index in [2.05, 4.69) is 5.32 Å². The lowest BCUT2D eigenvalue weighted by Gasteiger charge is -2.06. The monoisotopic (exact) mass is 227 g/mol. The molecule has 88 valence electrons. The van der Waals surface area contributed by atoms with E-state index in [9.17, 15) is 9.18 Å². The molecule has 16 heavy (non-hydrogen) atoms. The molecule has 5 heteroatoms. The number of phenols is 1. The first kappa shape index (κ1) is 12.4. The SMILES string of the molecule is COCCCC(=O)Nc1ccc(O)cc1F. The van der Waals surface area contributed by atoms with Crippen molar-refractivity contribution in [1.82, 2.24) is 0 Å². The summed E-state index contributed by atoms with van der Waals surface area (Å²) in [6, 6.07) is 3.58. The van der Waals surface area contributed by atoms with Crippen molar-refractivity contribution in [3.05, 3.63) is 24.0 Å². The number of hydrogen-bond donors (Lipinski definition) is 2. The Balaban J connectivity index is 2.49. The first-order valence-corrected chi connectivity index (χ1v) is 4.91. The van der Waals surface area contributed by atoms with E-state index in [0.717, 1.165) is 6.07 Å². The molecule has 2 N–H and O–H groups in total. The van der Waals surface area contributed by atoms with Crippen LogP contribution in [-0.2, 0) is 9.53 Å². The van der Waals surface area contributed by atoms with Crippen molar-refractivity contribution >= 4 is 11.6 Å². The van der Waals surface area contributed by atoms with Crippen LogP contribution in [0.4, 0.5) is 10.1 Å². The highest BCUT2D eigenvalue weighted by molar-refractivity contribution is 5.90. The molecule has 0 fully saturated rings. The first-order chi connectivity index (χ1) is 7.63. The van der Waals surface area contributed by atoms with Crippen LogP contribution in [-0.4, -0.2) is 24.7 Å². The van der Waals surface area contributed by atoms with Gasteiger partial charge in [0.2, 0.25) is 5.91 Å². The smallest absolute Gasteiger partial charge is 0.224 e. The number of carbonyl (C=O) groups is 1. The molecule has 1 aromatic carbocycles. The molecule has 0 radical (unpaired) electrons. The van der Waals surface area contributed by atoms with Crippen LogP contribution >= 0.6 is 0 Å². The van der Waals surface area contributed by atoms with Gasteiger partial charge in [0.05, 0.1) is 5.69 Å². The lowest BCUT2D eigenvalue weighted by molar-refractivity contribution is -0.116. The Bertz CT molecular complexity index is 368. The van der Waals surface area contributed by atoms with Gasteiger partial charge in [-0.05, 0) is 18.6 Å². The minimum absolute atomic E-state index is 0.0696. The first-order valence-electron chi connectivity index (χ1n) is 4.91. The molecule has 0 bridgehead atoms. The number of nitrogens with one attached hydrogen (secondary N) is 1. The summed E-state index contributed by atoms with van der Waals surface area (Å²) in [6.45, 7) is 0.492. The Morgan fingerprint density at radius 3 is 2.94 bits per heavy atom. The van der Waals surface area contributed by atoms with Gasteiger partial charge in [-0.3, -0.25) is 4.79 Å². The third-order valence-corrected chi connectivity index (χ3v) is 1.98. The largest absolute Gasteiger partial charge is 0.508 e. The molecule has 1 amide bonds. The van der Waals surface area contributed by atoms with E-state index in [1.807, 2.05) is 0 Å². The Labute approximate surface area is 93.0 Å². The van der Waals surface area contributed by atoms with Crippen LogP contribution in [0.2, 0.25) is 0 Å². The quantitative estimate of drug-likeness (QED) is 0.596. The number of carbonyl (C=O) groups excluding carboxylic acids is 1. The summed E-state index contributed by atoms with van der Waals surface area (Å²) in [5, 5.41) is 11.4. The fourth-order valence-electron chi connectivity index (χ4n) is 1.20. The van der Waals surface area contributed by atoms with Gasteiger partial charge in [0.1, 0.15) is 11.6 Å². The maximum atomic E-state index is 13.2. The average molecular weight is 227 g/mol. The molecule has 0 atom stereocenters. The zero-order valence-electron chi connectivity index (χ0n) is 9.00. The standard InChI is InChI=1S/C11H14FNO3/c1-16-6-2-3-11(15)13-10-5-4-8(14)7-9(10)12/h4-5,7,14H,2-3,6H2,1H3,(H,13,15). The third-order valence-electron chi connectivity index (χ3n) is 1.98. The molecule has 1 aromatic rings. The maximum Gasteiger partial charge on any atom is 0.224 e. The summed E-state index contributed by atoms with van der Waals surface area (Å²) in [5.74, 6) is -1.10. The molecule has 0 saturated carbocycles. The van der Waals surface area contributed by atoms with Gasteiger partial charge < -0.3 is 15.2 Å². The molecule has 0 unspecified atom stereocenters. The van der Waals surface area contributed by atoms with Crippen molar-refractivity contribution in [1.29, 1.82) is 0 Å². The summed E-state index contributed by atoms with van der Waals surface area (Å²) < 4.78 is 18.0. The van der Waals surface area contributed by atoms with E-state index in [0.29, 0.717) is 13.0 Å². The molecular formula is C11H14FNO3. The summed E-state index contributed by atoms with van der Waals surface area (Å²) >= 11 is 0. The minimum Gasteiger partial charge on any atom is -0.508 e. The van der Waals surface area contributed by atoms with Gasteiger partial charge in [0.15, 0.2) is 0 Å². The summed E-state index contributed by atoms with van der Waals surface area (Å²) in [6.07, 6.45) is 0.857. The molecule has 0 heterocycles. The van der Waals surface area contributed by atoms with Crippen molar-refractivity contribution in [3.63, 3.8) is 0 Å². The molecule has 0 aliphatic rings. The lowest BCUT2D eigenvalue weighted by Crippen LogP contribution is -2.13. The van der Waals surface area contributed by atoms with Crippen molar-refractivity contribution in [2.24, 2.45) is 0 Å². The highest BCUT2D eigenvalue weighted by Gasteiger charge is 2.07. The molecule has 1 rings (SSSR count). The van der Waals surface area contributed by atoms with E-state index >= 15 is 0 Å². The van der Waals surface area contributed by atoms with E-state index < -0.39 is 5.82 Å². The molecule has 0 spiro atoms. The van der Waals surface area contributed by atoms with Crippen molar-refractivity contribution in [2.45, 2.75) is 12.8 Å². The van der Waals surface area contributed by atoms with Gasteiger partial charge >= 0.3 is 0 Å². The van der Waals surface area contributed by atoms with Crippen LogP contribution in [0, 0.1) is 5.82 Å². The predicted molar refractivity (Wildman–Crippen MR) is 57.8 cm³/mol. The van der Waals surface area contributed by atoms with Gasteiger partial charge in [0, 0.05) is 26.2 Å². The van der Waals surface area contributed by atoms with Gasteiger partial charge in [-0.15, -0.1) is 0 Å². The van der Waals surface area contributed by atoms with Gasteiger partial charge in [-0.25, -0.2) is 4.39 Å². The number of phenolic OH excluding ortho intramolecular Hbond substituents is 1. The normalized spacial score (nSPS) is 10.1. The van der Waals surface area contributed by atoms with E-state index in [4.69, 9.17) is 9.84 Å². The number of amides is 1. The summed E-state index contributed by atoms with van der Waals surface area (Å²) in [4.78, 5) is 11.3. The number of ether oxygens (including phenoxy) is 1. The van der Waals surface area contributed by atoms with E-state index in [1.54, 1.807) is 7.11 Å². The topological polar surface area (TPSA) is 58.6 Å². The number of halogens is 1. The summed E-state index contributed by atoms with van der Waals surface area (Å²) in [7, 11) is 1.55. The molecule has 0 aliphatic carbocycles. The second kappa shape index (κ2) is 6.07. The zero-order valence-corrected chi connectivity index (χ0v) is 9.00. The van der Waals surface area contributed by atoms with E-state index in [-0.39, 0.29) is 23.8 Å². The van der Waals surface area contributed by atoms with Crippen LogP contribution in [0.3, 0.4) is 0 Å². The molecule has 0 aliphatic heterocycles. The van der Waals surface area contributed by atoms with Crippen LogP contribution in [0.5, 0.6) is 5.75 Å². The number of aromatic hydroxyl groups is 1. The Morgan fingerprint density at radius 2 is 2.31 bits per heavy atom. The van der Waals surface area contributed by atoms with Crippen molar-refractivity contribution in [3.8, 4) is 5.75 Å². The van der Waals surface area contributed by atoms with Gasteiger partial charge in [-0.1, -0.05) is 0 Å². The fraction of sp³-hybridized carbons (Fsp3) is 0.364. The Kier molecular flexibility index (Phi) is 4.72. The third kappa shape index (κ3) is 3.86. The second-order valence-electron chi connectivity index (χ2n) is 3.31. The van der Waals surface area contributed by atoms with Crippen LogP contribution in [0.15, 0.2) is 18.2 Å². The number of hydrogen-bond acceptors (Lipinski definition) is 3. The van der Waals surface area contributed by atoms with Gasteiger partial charge in [-0.2, -0.15) is 0 Å². The second-order valence-corrected chi connectivity index (χ2v) is 3.31. The molecule has 0 aromatic heterocycles. The van der Waals surface area contributed by atoms with Crippen LogP contribution in [0.1, 0.15) is 12.8 Å². The molecule has 0 saturated heterocycles. The van der Waals surface area contributed by atoms with Crippen LogP contribution in [0.25, 0.3) is 0 Å². The summed E-state index contributed by atoms with van der Waals surface area (Å²) in [5.41, 5.74) is 0.0696. The Hall–Kier alpha value is -1.62. The number of rotatable bonds is 5. The number of methoxy groups -OCH3 is 1. The zero-order chi connectivity index (χ0) is 12.0. The Morgan fingerprint density at radius 1 is 1.56 bits per heavy atom. The number of anilines is 1. The predicted octanol–water partition coefficient (Wildman–Crippen LogP) is 1.90. The van der Waals surface area contributed by atoms with Crippen molar-refractivity contribution in [2.75, 3.05) is 19.0 Å². The maximum absolute atomic E-state index is 13.2. The molecular weight excluding hydrogens is 213 g/mol. The molecule has 4 nitrogen and oxygen atoms in total.